The van der Waals surface area contributed by atoms with Crippen molar-refractivity contribution in [1.82, 2.24) is 24.5 Å². The molecule has 0 aliphatic heterocycles. The Balaban J connectivity index is 1.75. The second kappa shape index (κ2) is 8.74. The van der Waals surface area contributed by atoms with Crippen LogP contribution in [0.1, 0.15) is 15.9 Å². The zero-order valence-electron chi connectivity index (χ0n) is 19.0. The Labute approximate surface area is 200 Å². The summed E-state index contributed by atoms with van der Waals surface area (Å²) in [6.07, 6.45) is 1.40. The minimum absolute atomic E-state index is 0.0860. The number of carbonyl (C=O) groups is 1. The van der Waals surface area contributed by atoms with E-state index in [1.807, 2.05) is 0 Å². The van der Waals surface area contributed by atoms with Crippen molar-refractivity contribution in [2.24, 2.45) is 7.05 Å². The van der Waals surface area contributed by atoms with Gasteiger partial charge in [-0.3, -0.25) is 20.3 Å². The van der Waals surface area contributed by atoms with Gasteiger partial charge in [0, 0.05) is 38.5 Å². The van der Waals surface area contributed by atoms with Crippen LogP contribution >= 0.6 is 9.24 Å². The lowest BCUT2D eigenvalue weighted by Crippen LogP contribution is -2.39. The zero-order chi connectivity index (χ0) is 25.7. The quantitative estimate of drug-likeness (QED) is 0.256. The van der Waals surface area contributed by atoms with E-state index >= 15 is 8.78 Å². The fourth-order valence-electron chi connectivity index (χ4n) is 3.58. The maximum absolute atomic E-state index is 15.9. The summed E-state index contributed by atoms with van der Waals surface area (Å²) in [5.41, 5.74) is -0.220. The van der Waals surface area contributed by atoms with Crippen LogP contribution in [0.25, 0.3) is 22.2 Å². The summed E-state index contributed by atoms with van der Waals surface area (Å²) in [7, 11) is 6.41. The lowest BCUT2D eigenvalue weighted by Gasteiger charge is -2.23. The molecule has 0 aliphatic carbocycles. The van der Waals surface area contributed by atoms with Crippen LogP contribution in [0.3, 0.4) is 0 Å². The van der Waals surface area contributed by atoms with Crippen molar-refractivity contribution in [2.45, 2.75) is 5.41 Å². The van der Waals surface area contributed by atoms with Gasteiger partial charge in [0.1, 0.15) is 17.1 Å². The maximum atomic E-state index is 15.9. The van der Waals surface area contributed by atoms with Gasteiger partial charge in [0.05, 0.1) is 22.2 Å². The highest BCUT2D eigenvalue weighted by Gasteiger charge is 2.37. The molecule has 1 amide bonds. The Morgan fingerprint density at radius 3 is 2.49 bits per heavy atom. The number of carbonyl (C=O) groups excluding carboxylic acids is 1. The van der Waals surface area contributed by atoms with Crippen molar-refractivity contribution in [3.8, 4) is 11.3 Å². The van der Waals surface area contributed by atoms with E-state index < -0.39 is 34.4 Å². The second-order valence-corrected chi connectivity index (χ2v) is 8.93. The molecule has 2 heterocycles. The molecule has 2 unspecified atom stereocenters. The molecule has 0 aliphatic rings. The number of rotatable bonds is 4. The Morgan fingerprint density at radius 2 is 1.83 bits per heavy atom. The van der Waals surface area contributed by atoms with Gasteiger partial charge in [-0.05, 0) is 36.4 Å². The van der Waals surface area contributed by atoms with Gasteiger partial charge >= 0.3 is 0 Å². The van der Waals surface area contributed by atoms with Gasteiger partial charge in [-0.15, -0.1) is 0 Å². The van der Waals surface area contributed by atoms with Crippen LogP contribution in [0.4, 0.5) is 13.2 Å². The van der Waals surface area contributed by atoms with E-state index in [0.29, 0.717) is 10.2 Å². The zero-order valence-corrected chi connectivity index (χ0v) is 20.1. The number of nitrogens with zero attached hydrogens (tertiary/aromatic N) is 5. The lowest BCUT2D eigenvalue weighted by molar-refractivity contribution is 0.0823. The molecular formula is C23H21F3N7OP. The Hall–Kier alpha value is -3.85. The molecular weight excluding hydrogens is 478 g/mol. The molecule has 35 heavy (non-hydrogen) atoms. The molecule has 0 saturated heterocycles. The van der Waals surface area contributed by atoms with Gasteiger partial charge in [0.15, 0.2) is 5.84 Å². The fraction of sp³-hybridized carbons (Fsp3) is 0.174. The number of hydrogen-bond donors (Lipinski definition) is 2. The van der Waals surface area contributed by atoms with Crippen LogP contribution in [0.2, 0.25) is 0 Å². The number of hydrogen-bond acceptors (Lipinski definition) is 5. The van der Waals surface area contributed by atoms with Gasteiger partial charge < -0.3 is 4.90 Å². The van der Waals surface area contributed by atoms with E-state index in [2.05, 4.69) is 10.2 Å². The monoisotopic (exact) mass is 499 g/mol. The van der Waals surface area contributed by atoms with Crippen LogP contribution in [-0.4, -0.2) is 50.3 Å². The third-order valence-electron chi connectivity index (χ3n) is 5.42. The van der Waals surface area contributed by atoms with Crippen molar-refractivity contribution in [3.63, 3.8) is 0 Å². The number of aromatic nitrogens is 4. The largest absolute Gasteiger partial charge is 0.345 e. The molecule has 4 rings (SSSR count). The summed E-state index contributed by atoms with van der Waals surface area (Å²) in [6, 6.07) is 9.14. The van der Waals surface area contributed by atoms with E-state index in [9.17, 15) is 9.18 Å². The highest BCUT2D eigenvalue weighted by atomic mass is 31.0. The van der Waals surface area contributed by atoms with Crippen molar-refractivity contribution >= 4 is 31.9 Å². The van der Waals surface area contributed by atoms with E-state index in [1.54, 1.807) is 16.3 Å². The molecule has 0 spiro atoms. The number of amides is 1. The maximum Gasteiger partial charge on any atom is 0.256 e. The van der Waals surface area contributed by atoms with Crippen LogP contribution in [0.15, 0.2) is 48.7 Å². The highest BCUT2D eigenvalue weighted by Crippen LogP contribution is 2.38. The Morgan fingerprint density at radius 1 is 1.11 bits per heavy atom. The standard InChI is InChI=1S/C23H21F3N7OP/c1-31(2)21(34)13-5-4-12(10-16(13)24)17-8-9-19(27)33(30-17)22(28)23(26,35)15-6-7-18-14(20(15)25)11-32(3)29-18/h4-11,27-28H,35H2,1-3H3. The van der Waals surface area contributed by atoms with E-state index in [-0.39, 0.29) is 27.7 Å². The fourth-order valence-corrected chi connectivity index (χ4v) is 3.92. The molecule has 8 nitrogen and oxygen atoms in total. The molecule has 2 aromatic heterocycles. The second-order valence-electron chi connectivity index (χ2n) is 8.13. The van der Waals surface area contributed by atoms with Crippen LogP contribution in [0.5, 0.6) is 0 Å². The first-order chi connectivity index (χ1) is 16.4. The molecule has 0 bridgehead atoms. The smallest absolute Gasteiger partial charge is 0.256 e. The predicted molar refractivity (Wildman–Crippen MR) is 128 cm³/mol. The van der Waals surface area contributed by atoms with E-state index in [0.717, 1.165) is 6.07 Å². The third kappa shape index (κ3) is 4.23. The normalized spacial score (nSPS) is 13.0. The van der Waals surface area contributed by atoms with Crippen LogP contribution in [0, 0.1) is 22.5 Å². The summed E-state index contributed by atoms with van der Waals surface area (Å²) < 4.78 is 47.8. The predicted octanol–water partition coefficient (Wildman–Crippen LogP) is 3.42. The van der Waals surface area contributed by atoms with Crippen LogP contribution < -0.4 is 5.49 Å². The van der Waals surface area contributed by atoms with Crippen molar-refractivity contribution in [1.29, 1.82) is 10.8 Å². The van der Waals surface area contributed by atoms with Crippen LogP contribution in [-0.2, 0) is 12.5 Å². The first-order valence-electron chi connectivity index (χ1n) is 10.3. The highest BCUT2D eigenvalue weighted by molar-refractivity contribution is 7.20. The third-order valence-corrected chi connectivity index (χ3v) is 6.01. The number of aryl methyl sites for hydroxylation is 1. The number of fused-ring (bicyclic) bond motifs is 1. The van der Waals surface area contributed by atoms with Crippen molar-refractivity contribution in [3.05, 3.63) is 76.9 Å². The number of alkyl halides is 1. The molecule has 12 heteroatoms. The summed E-state index contributed by atoms with van der Waals surface area (Å²) in [5.74, 6) is -3.02. The summed E-state index contributed by atoms with van der Waals surface area (Å²) in [6.45, 7) is 0. The molecule has 2 N–H and O–H groups in total. The number of halogens is 3. The summed E-state index contributed by atoms with van der Waals surface area (Å²) >= 11 is 0. The molecule has 0 fully saturated rings. The number of benzene rings is 2. The average molecular weight is 499 g/mol. The van der Waals surface area contributed by atoms with Gasteiger partial charge in [-0.1, -0.05) is 15.3 Å². The number of nitrogens with one attached hydrogen (secondary N) is 2. The van der Waals surface area contributed by atoms with Gasteiger partial charge in [-0.25, -0.2) is 13.2 Å². The van der Waals surface area contributed by atoms with E-state index in [4.69, 9.17) is 10.8 Å². The Bertz CT molecular complexity index is 1560. The minimum Gasteiger partial charge on any atom is -0.345 e. The topological polar surface area (TPSA) is 104 Å². The molecule has 0 radical (unpaired) electrons. The summed E-state index contributed by atoms with van der Waals surface area (Å²) in [5, 5.41) is 22.1. The Kier molecular flexibility index (Phi) is 6.06. The molecule has 180 valence electrons. The summed E-state index contributed by atoms with van der Waals surface area (Å²) in [4.78, 5) is 13.3. The average Bonchev–Trinajstić information content (AvgIpc) is 3.19. The molecule has 4 aromatic rings. The molecule has 2 aromatic carbocycles. The van der Waals surface area contributed by atoms with Crippen molar-refractivity contribution < 1.29 is 18.0 Å². The van der Waals surface area contributed by atoms with E-state index in [1.165, 1.54) is 66.3 Å². The SMILES string of the molecule is CN(C)C(=O)c1ccc(-c2ccc(=N)n(C(=N)C(F)(P)c3ccc4nn(C)cc4c3F)n2)cc1F. The molecule has 2 atom stereocenters. The van der Waals surface area contributed by atoms with Crippen molar-refractivity contribution in [2.75, 3.05) is 14.1 Å². The van der Waals surface area contributed by atoms with Gasteiger partial charge in [-0.2, -0.15) is 14.9 Å². The minimum atomic E-state index is -2.74. The van der Waals surface area contributed by atoms with Gasteiger partial charge in [0.25, 0.3) is 5.91 Å². The first kappa shape index (κ1) is 24.3. The molecule has 0 saturated carbocycles. The van der Waals surface area contributed by atoms with Gasteiger partial charge in [0.2, 0.25) is 5.41 Å². The first-order valence-corrected chi connectivity index (χ1v) is 10.9. The lowest BCUT2D eigenvalue weighted by atomic mass is 10.1.